The summed E-state index contributed by atoms with van der Waals surface area (Å²) in [4.78, 5) is 28.4. The molecule has 4 saturated heterocycles. The molecule has 9 unspecified atom stereocenters. The standard InChI is InChI=1S/C25H42ClN5O4S/c1-13-7-16(17-9-22(26)28-11-20(17)35-2)18(10-27-13)23(33)30-25-29-19-4-3-14(8-21(19)36-25)24(34)31-6-5-15(32)12-31/h13-22,25,27-29,32H,3-12H2,1-2H3,(H,30,33)/t13?,14-,15-,16?,17?,18?,19?,20?,21?,22?,25?/m1/s1. The molecule has 5 fully saturated rings. The Morgan fingerprint density at radius 2 is 1.94 bits per heavy atom. The van der Waals surface area contributed by atoms with Crippen molar-refractivity contribution in [2.75, 3.05) is 33.3 Å². The highest BCUT2D eigenvalue weighted by molar-refractivity contribution is 8.00. The van der Waals surface area contributed by atoms with Crippen molar-refractivity contribution in [1.29, 1.82) is 0 Å². The third-order valence-electron chi connectivity index (χ3n) is 9.08. The lowest BCUT2D eigenvalue weighted by Crippen LogP contribution is -2.57. The van der Waals surface area contributed by atoms with E-state index in [1.165, 1.54) is 0 Å². The quantitative estimate of drug-likeness (QED) is 0.254. The Morgan fingerprint density at radius 1 is 1.11 bits per heavy atom. The van der Waals surface area contributed by atoms with Crippen molar-refractivity contribution in [2.24, 2.45) is 23.7 Å². The minimum absolute atomic E-state index is 0.0168. The fourth-order valence-electron chi connectivity index (χ4n) is 7.09. The zero-order valence-corrected chi connectivity index (χ0v) is 22.9. The van der Waals surface area contributed by atoms with Crippen molar-refractivity contribution < 1.29 is 19.4 Å². The fourth-order valence-corrected chi connectivity index (χ4v) is 8.92. The number of hydrogen-bond acceptors (Lipinski definition) is 8. The minimum atomic E-state index is -0.382. The van der Waals surface area contributed by atoms with Crippen molar-refractivity contribution in [2.45, 2.75) is 86.0 Å². The molecule has 0 aromatic carbocycles. The molecule has 4 aliphatic heterocycles. The predicted molar refractivity (Wildman–Crippen MR) is 140 cm³/mol. The highest BCUT2D eigenvalue weighted by Gasteiger charge is 2.46. The first-order valence-corrected chi connectivity index (χ1v) is 15.0. The monoisotopic (exact) mass is 543 g/mol. The number of halogens is 1. The zero-order valence-electron chi connectivity index (χ0n) is 21.3. The maximum absolute atomic E-state index is 13.6. The highest BCUT2D eigenvalue weighted by atomic mass is 35.5. The zero-order chi connectivity index (χ0) is 25.4. The Bertz CT molecular complexity index is 810. The van der Waals surface area contributed by atoms with Crippen molar-refractivity contribution >= 4 is 35.2 Å². The largest absolute Gasteiger partial charge is 0.391 e. The topological polar surface area (TPSA) is 115 Å². The van der Waals surface area contributed by atoms with Gasteiger partial charge in [-0.15, -0.1) is 23.4 Å². The number of fused-ring (bicyclic) bond motifs is 1. The molecule has 1 aliphatic carbocycles. The van der Waals surface area contributed by atoms with Gasteiger partial charge in [0, 0.05) is 56.5 Å². The van der Waals surface area contributed by atoms with E-state index in [4.69, 9.17) is 16.3 Å². The van der Waals surface area contributed by atoms with E-state index in [-0.39, 0.29) is 58.7 Å². The van der Waals surface area contributed by atoms with Gasteiger partial charge in [-0.25, -0.2) is 0 Å². The molecule has 0 bridgehead atoms. The number of aliphatic hydroxyl groups excluding tert-OH is 1. The van der Waals surface area contributed by atoms with Gasteiger partial charge in [-0.1, -0.05) is 0 Å². The van der Waals surface area contributed by atoms with Gasteiger partial charge in [-0.3, -0.25) is 20.2 Å². The van der Waals surface area contributed by atoms with E-state index in [9.17, 15) is 14.7 Å². The molecular formula is C25H42ClN5O4S. The van der Waals surface area contributed by atoms with Crippen molar-refractivity contribution in [1.82, 2.24) is 26.2 Å². The SMILES string of the molecule is COC1CNC(Cl)CC1C1CC(C)NCC1C(=O)NC1NC2CC[C@@H](C(=O)N3CC[C@@H](O)C3)CC2S1. The molecule has 36 heavy (non-hydrogen) atoms. The van der Waals surface area contributed by atoms with Gasteiger partial charge in [0.1, 0.15) is 5.50 Å². The van der Waals surface area contributed by atoms with Gasteiger partial charge >= 0.3 is 0 Å². The Labute approximate surface area is 223 Å². The van der Waals surface area contributed by atoms with Crippen molar-refractivity contribution in [3.05, 3.63) is 0 Å². The van der Waals surface area contributed by atoms with Crippen molar-refractivity contribution in [3.63, 3.8) is 0 Å². The summed E-state index contributed by atoms with van der Waals surface area (Å²) in [6.07, 6.45) is 4.70. The van der Waals surface area contributed by atoms with Crippen LogP contribution in [0.5, 0.6) is 0 Å². The predicted octanol–water partition coefficient (Wildman–Crippen LogP) is 0.657. The summed E-state index contributed by atoms with van der Waals surface area (Å²) in [7, 11) is 1.75. The van der Waals surface area contributed by atoms with Crippen LogP contribution in [0.15, 0.2) is 0 Å². The molecule has 204 valence electrons. The Kier molecular flexibility index (Phi) is 8.72. The number of alkyl halides is 1. The van der Waals surface area contributed by atoms with E-state index in [1.807, 2.05) is 4.90 Å². The van der Waals surface area contributed by atoms with E-state index >= 15 is 0 Å². The number of methoxy groups -OCH3 is 1. The van der Waals surface area contributed by atoms with Gasteiger partial charge in [-0.2, -0.15) is 0 Å². The number of hydrogen-bond donors (Lipinski definition) is 5. The molecule has 9 nitrogen and oxygen atoms in total. The summed E-state index contributed by atoms with van der Waals surface area (Å²) in [5.74, 6) is 0.606. The first-order valence-electron chi connectivity index (χ1n) is 13.6. The number of carbonyl (C=O) groups is 2. The lowest BCUT2D eigenvalue weighted by atomic mass is 9.70. The Hall–Kier alpha value is -0.620. The van der Waals surface area contributed by atoms with Gasteiger partial charge < -0.3 is 25.4 Å². The molecule has 1 saturated carbocycles. The minimum Gasteiger partial charge on any atom is -0.391 e. The molecule has 0 radical (unpaired) electrons. The number of carbonyl (C=O) groups excluding carboxylic acids is 2. The maximum atomic E-state index is 13.6. The number of β-amino-alcohol motifs (C(OH)–C–C–N with tert-alkyl or cyclic N) is 1. The molecule has 5 N–H and O–H groups in total. The summed E-state index contributed by atoms with van der Waals surface area (Å²) in [5, 5.41) is 23.8. The summed E-state index contributed by atoms with van der Waals surface area (Å²) in [5.41, 5.74) is -0.230. The van der Waals surface area contributed by atoms with Crippen LogP contribution in [0.3, 0.4) is 0 Å². The Morgan fingerprint density at radius 3 is 2.69 bits per heavy atom. The summed E-state index contributed by atoms with van der Waals surface area (Å²) in [6, 6.07) is 0.668. The van der Waals surface area contributed by atoms with Crippen LogP contribution >= 0.6 is 23.4 Å². The van der Waals surface area contributed by atoms with Crippen LogP contribution in [0.2, 0.25) is 0 Å². The molecule has 11 heteroatoms. The van der Waals surface area contributed by atoms with E-state index in [2.05, 4.69) is 28.2 Å². The van der Waals surface area contributed by atoms with Gasteiger partial charge in [0.15, 0.2) is 0 Å². The smallest absolute Gasteiger partial charge is 0.226 e. The second-order valence-corrected chi connectivity index (χ2v) is 13.3. The summed E-state index contributed by atoms with van der Waals surface area (Å²) in [6.45, 7) is 4.68. The second-order valence-electron chi connectivity index (χ2n) is 11.4. The van der Waals surface area contributed by atoms with Gasteiger partial charge in [0.2, 0.25) is 11.8 Å². The number of aliphatic hydroxyl groups is 1. The average molecular weight is 544 g/mol. The van der Waals surface area contributed by atoms with Crippen LogP contribution in [0.25, 0.3) is 0 Å². The van der Waals surface area contributed by atoms with Gasteiger partial charge in [-0.05, 0) is 57.3 Å². The summed E-state index contributed by atoms with van der Waals surface area (Å²) < 4.78 is 5.80. The number of piperidine rings is 2. The number of likely N-dealkylation sites (tertiary alicyclic amines) is 1. The van der Waals surface area contributed by atoms with Crippen LogP contribution in [-0.2, 0) is 14.3 Å². The van der Waals surface area contributed by atoms with Crippen LogP contribution in [0.4, 0.5) is 0 Å². The number of rotatable bonds is 5. The fraction of sp³-hybridized carbons (Fsp3) is 0.920. The Balaban J connectivity index is 1.18. The number of amides is 2. The molecule has 5 rings (SSSR count). The number of thioether (sulfide) groups is 1. The third kappa shape index (κ3) is 5.84. The first kappa shape index (κ1) is 27.0. The number of nitrogens with one attached hydrogen (secondary N) is 4. The third-order valence-corrected chi connectivity index (χ3v) is 10.8. The average Bonchev–Trinajstić information content (AvgIpc) is 3.48. The lowest BCUT2D eigenvalue weighted by molar-refractivity contribution is -0.135. The maximum Gasteiger partial charge on any atom is 0.226 e. The van der Waals surface area contributed by atoms with Gasteiger partial charge in [0.05, 0.1) is 23.6 Å². The molecule has 2 amide bonds. The van der Waals surface area contributed by atoms with E-state index in [0.717, 1.165) is 32.1 Å². The number of ether oxygens (including phenoxy) is 1. The molecular weight excluding hydrogens is 502 g/mol. The van der Waals surface area contributed by atoms with Crippen LogP contribution in [0.1, 0.15) is 45.4 Å². The highest BCUT2D eigenvalue weighted by Crippen LogP contribution is 2.41. The summed E-state index contributed by atoms with van der Waals surface area (Å²) >= 11 is 8.23. The van der Waals surface area contributed by atoms with Crippen LogP contribution in [0, 0.1) is 23.7 Å². The molecule has 0 aromatic rings. The van der Waals surface area contributed by atoms with E-state index in [1.54, 1.807) is 18.9 Å². The molecule has 11 atom stereocenters. The first-order chi connectivity index (χ1) is 17.3. The van der Waals surface area contributed by atoms with E-state index in [0.29, 0.717) is 49.9 Å². The van der Waals surface area contributed by atoms with Crippen molar-refractivity contribution in [3.8, 4) is 0 Å². The number of nitrogens with zero attached hydrogens (tertiary/aromatic N) is 1. The normalized spacial score (nSPS) is 45.3. The molecule has 0 spiro atoms. The molecule has 4 heterocycles. The second kappa shape index (κ2) is 11.6. The molecule has 0 aromatic heterocycles. The van der Waals surface area contributed by atoms with Gasteiger partial charge in [0.25, 0.3) is 0 Å². The lowest BCUT2D eigenvalue weighted by Gasteiger charge is -2.45. The molecule has 5 aliphatic rings. The van der Waals surface area contributed by atoms with E-state index < -0.39 is 0 Å². The van der Waals surface area contributed by atoms with Crippen LogP contribution < -0.4 is 21.3 Å². The van der Waals surface area contributed by atoms with Crippen LogP contribution in [-0.4, -0.2) is 95.7 Å².